The van der Waals surface area contributed by atoms with E-state index in [0.29, 0.717) is 31.4 Å². The van der Waals surface area contributed by atoms with Gasteiger partial charge in [0.05, 0.1) is 6.10 Å². The number of carboxylic acid groups (broad SMARTS) is 1. The molecule has 2 fully saturated rings. The van der Waals surface area contributed by atoms with E-state index in [1.165, 1.54) is 6.08 Å². The largest absolute Gasteiger partial charge is 0.481 e. The number of ether oxygens (including phenoxy) is 1. The molecule has 8 atom stereocenters. The molecule has 0 saturated heterocycles. The van der Waals surface area contributed by atoms with Crippen LogP contribution < -0.4 is 10.6 Å². The zero-order chi connectivity index (χ0) is 41.7. The fraction of sp³-hybridized carbons (Fsp3) is 0.800. The van der Waals surface area contributed by atoms with Gasteiger partial charge in [0, 0.05) is 49.1 Å². The number of amides is 2. The average molecular weight is 803 g/mol. The average Bonchev–Trinajstić information content (AvgIpc) is 3.36. The summed E-state index contributed by atoms with van der Waals surface area (Å²) in [5.41, 5.74) is -5.58. The second-order valence-corrected chi connectivity index (χ2v) is 18.0. The molecule has 0 radical (unpaired) electrons. The van der Waals surface area contributed by atoms with Gasteiger partial charge < -0.3 is 30.7 Å². The lowest BCUT2D eigenvalue weighted by Gasteiger charge is -2.62. The van der Waals surface area contributed by atoms with E-state index in [2.05, 4.69) is 10.6 Å². The lowest BCUT2D eigenvalue weighted by Crippen LogP contribution is -2.69. The van der Waals surface area contributed by atoms with Crippen molar-refractivity contribution in [3.05, 3.63) is 23.8 Å². The van der Waals surface area contributed by atoms with Gasteiger partial charge >= 0.3 is 12.1 Å². The first-order valence-electron chi connectivity index (χ1n) is 22.0. The van der Waals surface area contributed by atoms with E-state index in [9.17, 15) is 34.2 Å². The Morgan fingerprint density at radius 2 is 1.37 bits per heavy atom. The number of aliphatic carboxylic acids is 1. The van der Waals surface area contributed by atoms with Crippen LogP contribution in [-0.4, -0.2) is 81.9 Å². The number of fused-ring (bicyclic) bond motifs is 5. The molecular formula is C45H71FN2O9. The standard InChI is InChI=1S/C45H71FN2O9/c1-32-28-36-35-23-22-33-29-34(49)24-25-42(33,2)44(35,46)37(50)30-43(36,3)45(32,56)38(51)31-57-41(55)48-27-19-15-11-6-4-8-12-16-20-39(52)47-26-18-14-10-7-5-9-13-17-21-40(53)54/h22,24-25,32,35-37,50,56H,4-21,23,26-31H2,1-3H3,(H,47,52)(H,48,55)(H,53,54)/t32-,35?,36?,37?,42?,43?,44+,45+/m1/s1. The molecule has 5 unspecified atom stereocenters. The van der Waals surface area contributed by atoms with Gasteiger partial charge in [0.25, 0.3) is 0 Å². The third-order valence-electron chi connectivity index (χ3n) is 14.2. The highest BCUT2D eigenvalue weighted by molar-refractivity contribution is 5.94. The molecule has 0 aromatic heterocycles. The number of unbranched alkanes of at least 4 members (excludes halogenated alkanes) is 14. The number of rotatable bonds is 25. The molecule has 0 spiro atoms. The van der Waals surface area contributed by atoms with Crippen molar-refractivity contribution < 1.29 is 48.4 Å². The van der Waals surface area contributed by atoms with Crippen LogP contribution in [0.4, 0.5) is 9.18 Å². The number of ketones is 2. The Morgan fingerprint density at radius 1 is 0.825 bits per heavy atom. The summed E-state index contributed by atoms with van der Waals surface area (Å²) < 4.78 is 22.7. The van der Waals surface area contributed by atoms with Crippen molar-refractivity contribution in [2.75, 3.05) is 19.7 Å². The van der Waals surface area contributed by atoms with Crippen LogP contribution in [0.25, 0.3) is 0 Å². The quantitative estimate of drug-likeness (QED) is 0.0454. The highest BCUT2D eigenvalue weighted by atomic mass is 19.1. The van der Waals surface area contributed by atoms with Gasteiger partial charge in [-0.25, -0.2) is 9.18 Å². The van der Waals surface area contributed by atoms with Gasteiger partial charge in [-0.3, -0.25) is 19.2 Å². The number of aliphatic hydroxyl groups is 2. The second kappa shape index (κ2) is 21.2. The van der Waals surface area contributed by atoms with Crippen LogP contribution >= 0.6 is 0 Å². The van der Waals surface area contributed by atoms with E-state index in [1.807, 2.05) is 6.08 Å². The Bertz CT molecular complexity index is 1470. The number of halogens is 1. The molecule has 0 aromatic carbocycles. The predicted octanol–water partition coefficient (Wildman–Crippen LogP) is 7.85. The van der Waals surface area contributed by atoms with Gasteiger partial charge in [-0.1, -0.05) is 109 Å². The zero-order valence-electron chi connectivity index (χ0n) is 34.9. The van der Waals surface area contributed by atoms with E-state index in [1.54, 1.807) is 26.8 Å². The Balaban J connectivity index is 1.03. The van der Waals surface area contributed by atoms with Crippen LogP contribution in [0.2, 0.25) is 0 Å². The topological polar surface area (TPSA) is 179 Å². The minimum Gasteiger partial charge on any atom is -0.481 e. The van der Waals surface area contributed by atoms with Crippen molar-refractivity contribution in [1.82, 2.24) is 10.6 Å². The molecule has 12 heteroatoms. The number of nitrogens with one attached hydrogen (secondary N) is 2. The smallest absolute Gasteiger partial charge is 0.407 e. The minimum absolute atomic E-state index is 0.0945. The number of alkyl carbamates (subject to hydrolysis) is 1. The van der Waals surface area contributed by atoms with Crippen LogP contribution in [-0.2, 0) is 23.9 Å². The Labute approximate surface area is 339 Å². The summed E-state index contributed by atoms with van der Waals surface area (Å²) in [6.45, 7) is 5.77. The van der Waals surface area contributed by atoms with Gasteiger partial charge in [0.2, 0.25) is 11.7 Å². The summed E-state index contributed by atoms with van der Waals surface area (Å²) in [6.07, 6.45) is 20.5. The molecule has 2 saturated carbocycles. The van der Waals surface area contributed by atoms with E-state index < -0.39 is 70.4 Å². The third kappa shape index (κ3) is 10.9. The highest BCUT2D eigenvalue weighted by Crippen LogP contribution is 2.70. The van der Waals surface area contributed by atoms with Gasteiger partial charge in [-0.15, -0.1) is 0 Å². The maximum Gasteiger partial charge on any atom is 0.407 e. The molecule has 322 valence electrons. The van der Waals surface area contributed by atoms with Crippen LogP contribution in [0.5, 0.6) is 0 Å². The number of Topliss-reactive ketones (excluding diaryl/α,β-unsaturated/α-hetero) is 1. The monoisotopic (exact) mass is 803 g/mol. The number of carbonyl (C=O) groups excluding carboxylic acids is 4. The number of allylic oxidation sites excluding steroid dienone is 4. The molecular weight excluding hydrogens is 731 g/mol. The fourth-order valence-corrected chi connectivity index (χ4v) is 10.8. The number of carbonyl (C=O) groups is 5. The Hall–Kier alpha value is -3.12. The molecule has 0 bridgehead atoms. The normalized spacial score (nSPS) is 31.5. The first kappa shape index (κ1) is 46.6. The summed E-state index contributed by atoms with van der Waals surface area (Å²) in [6, 6.07) is 0. The molecule has 2 amide bonds. The molecule has 11 nitrogen and oxygen atoms in total. The molecule has 0 aliphatic heterocycles. The Kier molecular flexibility index (Phi) is 17.3. The third-order valence-corrected chi connectivity index (χ3v) is 14.2. The zero-order valence-corrected chi connectivity index (χ0v) is 34.9. The first-order valence-corrected chi connectivity index (χ1v) is 22.0. The molecule has 4 aliphatic carbocycles. The number of carboxylic acids is 1. The SMILES string of the molecule is C[C@@H]1CC2C3CC=C4CC(=O)C=CC4(C)[C@@]3(F)C(O)CC2(C)[C@@]1(O)C(=O)COC(=O)NCCCCCCCCCCC(=O)NCCCCCCCCCCC(=O)O. The highest BCUT2D eigenvalue weighted by Gasteiger charge is 2.75. The summed E-state index contributed by atoms with van der Waals surface area (Å²) in [5, 5.41) is 38.0. The van der Waals surface area contributed by atoms with Crippen molar-refractivity contribution in [3.63, 3.8) is 0 Å². The van der Waals surface area contributed by atoms with Crippen molar-refractivity contribution in [3.8, 4) is 0 Å². The maximum absolute atomic E-state index is 17.4. The lowest BCUT2D eigenvalue weighted by molar-refractivity contribution is -0.215. The van der Waals surface area contributed by atoms with E-state index >= 15 is 4.39 Å². The number of hydrogen-bond acceptors (Lipinski definition) is 8. The Morgan fingerprint density at radius 3 is 1.96 bits per heavy atom. The summed E-state index contributed by atoms with van der Waals surface area (Å²) in [7, 11) is 0. The number of hydrogen-bond donors (Lipinski definition) is 5. The molecule has 57 heavy (non-hydrogen) atoms. The second-order valence-electron chi connectivity index (χ2n) is 18.0. The first-order chi connectivity index (χ1) is 27.1. The summed E-state index contributed by atoms with van der Waals surface area (Å²) in [4.78, 5) is 60.9. The van der Waals surface area contributed by atoms with Gasteiger partial charge in [0.1, 0.15) is 5.60 Å². The fourth-order valence-electron chi connectivity index (χ4n) is 10.8. The minimum atomic E-state index is -2.06. The maximum atomic E-state index is 17.4. The van der Waals surface area contributed by atoms with Crippen LogP contribution in [0.15, 0.2) is 23.8 Å². The van der Waals surface area contributed by atoms with Crippen molar-refractivity contribution >= 4 is 29.5 Å². The van der Waals surface area contributed by atoms with Crippen LogP contribution in [0.1, 0.15) is 162 Å². The molecule has 5 N–H and O–H groups in total. The molecule has 0 heterocycles. The van der Waals surface area contributed by atoms with Crippen molar-refractivity contribution in [2.45, 2.75) is 179 Å². The number of aliphatic hydroxyl groups excluding tert-OH is 1. The van der Waals surface area contributed by atoms with E-state index in [4.69, 9.17) is 9.84 Å². The van der Waals surface area contributed by atoms with Gasteiger partial charge in [-0.05, 0) is 69.8 Å². The van der Waals surface area contributed by atoms with Gasteiger partial charge in [0.15, 0.2) is 18.1 Å². The lowest BCUT2D eigenvalue weighted by atomic mass is 9.45. The molecule has 0 aromatic rings. The van der Waals surface area contributed by atoms with Crippen LogP contribution in [0.3, 0.4) is 0 Å². The predicted molar refractivity (Wildman–Crippen MR) is 216 cm³/mol. The van der Waals surface area contributed by atoms with Gasteiger partial charge in [-0.2, -0.15) is 0 Å². The van der Waals surface area contributed by atoms with Crippen molar-refractivity contribution in [2.24, 2.45) is 28.6 Å². The summed E-state index contributed by atoms with van der Waals surface area (Å²) in [5.74, 6) is -2.94. The summed E-state index contributed by atoms with van der Waals surface area (Å²) >= 11 is 0. The van der Waals surface area contributed by atoms with E-state index in [-0.39, 0.29) is 31.0 Å². The molecule has 4 rings (SSSR count). The van der Waals surface area contributed by atoms with Crippen LogP contribution in [0, 0.1) is 28.6 Å². The molecule has 4 aliphatic rings. The van der Waals surface area contributed by atoms with E-state index in [0.717, 1.165) is 109 Å². The number of alkyl halides is 1. The van der Waals surface area contributed by atoms with Crippen molar-refractivity contribution in [1.29, 1.82) is 0 Å².